The molecule has 0 heterocycles. The fourth-order valence-electron chi connectivity index (χ4n) is 1.60. The molecule has 2 rings (SSSR count). The highest BCUT2D eigenvalue weighted by atomic mass is 79.9. The van der Waals surface area contributed by atoms with Gasteiger partial charge in [0.2, 0.25) is 0 Å². The van der Waals surface area contributed by atoms with Crippen LogP contribution in [0.25, 0.3) is 0 Å². The number of halogens is 1. The van der Waals surface area contributed by atoms with E-state index in [9.17, 15) is 10.1 Å². The summed E-state index contributed by atoms with van der Waals surface area (Å²) in [5.41, 5.74) is 7.38. The summed E-state index contributed by atoms with van der Waals surface area (Å²) in [5.74, 6) is 0.512. The van der Waals surface area contributed by atoms with Crippen LogP contribution in [0.1, 0.15) is 5.56 Å². The van der Waals surface area contributed by atoms with Gasteiger partial charge in [0.05, 0.1) is 4.92 Å². The van der Waals surface area contributed by atoms with Gasteiger partial charge in [0.1, 0.15) is 0 Å². The zero-order valence-corrected chi connectivity index (χ0v) is 12.3. The van der Waals surface area contributed by atoms with Gasteiger partial charge in [-0.2, -0.15) is 0 Å². The second kappa shape index (κ2) is 6.08. The zero-order chi connectivity index (χ0) is 13.8. The van der Waals surface area contributed by atoms with Crippen LogP contribution in [0.15, 0.2) is 51.8 Å². The standard InChI is InChI=1S/C13H11BrN2O2S/c14-10-5-6-11(15)13(7-10)19-8-9-3-1-2-4-12(9)16(17)18/h1-7H,8,15H2. The van der Waals surface area contributed by atoms with Gasteiger partial charge >= 0.3 is 0 Å². The largest absolute Gasteiger partial charge is 0.398 e. The molecule has 0 aliphatic carbocycles. The summed E-state index contributed by atoms with van der Waals surface area (Å²) in [5, 5.41) is 10.9. The molecule has 0 spiro atoms. The molecular formula is C13H11BrN2O2S. The molecule has 0 aliphatic heterocycles. The number of rotatable bonds is 4. The van der Waals surface area contributed by atoms with E-state index in [1.165, 1.54) is 17.8 Å². The quantitative estimate of drug-likeness (QED) is 0.392. The van der Waals surface area contributed by atoms with Crippen LogP contribution < -0.4 is 5.73 Å². The molecule has 98 valence electrons. The first-order valence-corrected chi connectivity index (χ1v) is 7.26. The highest BCUT2D eigenvalue weighted by Crippen LogP contribution is 2.32. The second-order valence-corrected chi connectivity index (χ2v) is 5.79. The van der Waals surface area contributed by atoms with E-state index in [4.69, 9.17) is 5.73 Å². The van der Waals surface area contributed by atoms with Gasteiger partial charge in [-0.3, -0.25) is 10.1 Å². The number of para-hydroxylation sites is 1. The van der Waals surface area contributed by atoms with E-state index in [1.807, 2.05) is 18.2 Å². The van der Waals surface area contributed by atoms with Crippen molar-refractivity contribution in [1.29, 1.82) is 0 Å². The smallest absolute Gasteiger partial charge is 0.273 e. The Morgan fingerprint density at radius 2 is 2.00 bits per heavy atom. The minimum absolute atomic E-state index is 0.142. The molecule has 0 amide bonds. The molecule has 2 N–H and O–H groups in total. The molecule has 2 aromatic carbocycles. The van der Waals surface area contributed by atoms with Crippen molar-refractivity contribution >= 4 is 39.1 Å². The third-order valence-electron chi connectivity index (χ3n) is 2.55. The highest BCUT2D eigenvalue weighted by molar-refractivity contribution is 9.10. The first-order valence-electron chi connectivity index (χ1n) is 5.48. The zero-order valence-electron chi connectivity index (χ0n) is 9.88. The molecule has 0 bridgehead atoms. The molecule has 0 aromatic heterocycles. The van der Waals surface area contributed by atoms with Crippen LogP contribution in [0.2, 0.25) is 0 Å². The number of hydrogen-bond donors (Lipinski definition) is 1. The summed E-state index contributed by atoms with van der Waals surface area (Å²) >= 11 is 4.87. The lowest BCUT2D eigenvalue weighted by Gasteiger charge is -2.06. The number of benzene rings is 2. The maximum Gasteiger partial charge on any atom is 0.273 e. The summed E-state index contributed by atoms with van der Waals surface area (Å²) in [6.45, 7) is 0. The van der Waals surface area contributed by atoms with Crippen LogP contribution in [0.4, 0.5) is 11.4 Å². The summed E-state index contributed by atoms with van der Waals surface area (Å²) in [6.07, 6.45) is 0. The number of nitro benzene ring substituents is 1. The SMILES string of the molecule is Nc1ccc(Br)cc1SCc1ccccc1[N+](=O)[O-]. The molecule has 0 fully saturated rings. The lowest BCUT2D eigenvalue weighted by Crippen LogP contribution is -1.94. The summed E-state index contributed by atoms with van der Waals surface area (Å²) in [6, 6.07) is 12.3. The average molecular weight is 339 g/mol. The Bertz CT molecular complexity index is 619. The van der Waals surface area contributed by atoms with Gasteiger partial charge in [0, 0.05) is 32.4 Å². The van der Waals surface area contributed by atoms with Gasteiger partial charge in [-0.25, -0.2) is 0 Å². The lowest BCUT2D eigenvalue weighted by molar-refractivity contribution is -0.385. The summed E-state index contributed by atoms with van der Waals surface area (Å²) in [7, 11) is 0. The molecule has 6 heteroatoms. The first kappa shape index (κ1) is 13.9. The minimum atomic E-state index is -0.361. The van der Waals surface area contributed by atoms with E-state index in [-0.39, 0.29) is 10.6 Å². The Balaban J connectivity index is 2.19. The van der Waals surface area contributed by atoms with Crippen molar-refractivity contribution in [1.82, 2.24) is 0 Å². The van der Waals surface area contributed by atoms with E-state index in [1.54, 1.807) is 18.2 Å². The molecule has 19 heavy (non-hydrogen) atoms. The van der Waals surface area contributed by atoms with E-state index in [0.717, 1.165) is 9.37 Å². The van der Waals surface area contributed by atoms with E-state index in [2.05, 4.69) is 15.9 Å². The fourth-order valence-corrected chi connectivity index (χ4v) is 3.11. The van der Waals surface area contributed by atoms with E-state index < -0.39 is 0 Å². The Kier molecular flexibility index (Phi) is 4.44. The second-order valence-electron chi connectivity index (χ2n) is 3.86. The molecule has 0 atom stereocenters. The van der Waals surface area contributed by atoms with Crippen LogP contribution in [0.3, 0.4) is 0 Å². The van der Waals surface area contributed by atoms with Crippen molar-refractivity contribution in [2.75, 3.05) is 5.73 Å². The molecular weight excluding hydrogens is 328 g/mol. The lowest BCUT2D eigenvalue weighted by atomic mass is 10.2. The molecule has 4 nitrogen and oxygen atoms in total. The van der Waals surface area contributed by atoms with Gasteiger partial charge < -0.3 is 5.73 Å². The Morgan fingerprint density at radius 1 is 1.26 bits per heavy atom. The van der Waals surface area contributed by atoms with Crippen molar-refractivity contribution in [3.63, 3.8) is 0 Å². The van der Waals surface area contributed by atoms with Crippen LogP contribution >= 0.6 is 27.7 Å². The van der Waals surface area contributed by atoms with Crippen molar-refractivity contribution in [2.24, 2.45) is 0 Å². The van der Waals surface area contributed by atoms with Crippen molar-refractivity contribution in [3.05, 3.63) is 62.6 Å². The van der Waals surface area contributed by atoms with Crippen molar-refractivity contribution < 1.29 is 4.92 Å². The number of nitrogens with two attached hydrogens (primary N) is 1. The minimum Gasteiger partial charge on any atom is -0.398 e. The molecule has 0 unspecified atom stereocenters. The van der Waals surface area contributed by atoms with Gasteiger partial charge in [-0.15, -0.1) is 11.8 Å². The average Bonchev–Trinajstić information content (AvgIpc) is 2.40. The first-order chi connectivity index (χ1) is 9.08. The molecule has 0 saturated heterocycles. The van der Waals surface area contributed by atoms with Crippen LogP contribution in [0, 0.1) is 10.1 Å². The number of anilines is 1. The molecule has 2 aromatic rings. The Hall–Kier alpha value is -1.53. The number of hydrogen-bond acceptors (Lipinski definition) is 4. The Morgan fingerprint density at radius 3 is 2.74 bits per heavy atom. The molecule has 0 saturated carbocycles. The highest BCUT2D eigenvalue weighted by Gasteiger charge is 2.12. The van der Waals surface area contributed by atoms with Crippen LogP contribution in [-0.4, -0.2) is 4.92 Å². The van der Waals surface area contributed by atoms with Gasteiger partial charge in [-0.1, -0.05) is 34.1 Å². The number of nitro groups is 1. The van der Waals surface area contributed by atoms with E-state index in [0.29, 0.717) is 17.0 Å². The Labute approximate surface area is 123 Å². The van der Waals surface area contributed by atoms with Crippen molar-refractivity contribution in [3.8, 4) is 0 Å². The number of nitrogens with zero attached hydrogens (tertiary/aromatic N) is 1. The number of nitrogen functional groups attached to an aromatic ring is 1. The topological polar surface area (TPSA) is 69.2 Å². The third-order valence-corrected chi connectivity index (χ3v) is 4.16. The summed E-state index contributed by atoms with van der Waals surface area (Å²) in [4.78, 5) is 11.5. The molecule has 0 radical (unpaired) electrons. The molecule has 0 aliphatic rings. The van der Waals surface area contributed by atoms with Crippen LogP contribution in [-0.2, 0) is 5.75 Å². The maximum absolute atomic E-state index is 10.9. The van der Waals surface area contributed by atoms with Crippen LogP contribution in [0.5, 0.6) is 0 Å². The normalized spacial score (nSPS) is 10.4. The predicted molar refractivity (Wildman–Crippen MR) is 81.2 cm³/mol. The van der Waals surface area contributed by atoms with Gasteiger partial charge in [-0.05, 0) is 18.2 Å². The maximum atomic E-state index is 10.9. The van der Waals surface area contributed by atoms with Gasteiger partial charge in [0.15, 0.2) is 0 Å². The summed E-state index contributed by atoms with van der Waals surface area (Å²) < 4.78 is 0.937. The monoisotopic (exact) mass is 338 g/mol. The fraction of sp³-hybridized carbons (Fsp3) is 0.0769. The van der Waals surface area contributed by atoms with Gasteiger partial charge in [0.25, 0.3) is 5.69 Å². The van der Waals surface area contributed by atoms with E-state index >= 15 is 0 Å². The predicted octanol–water partition coefficient (Wildman–Crippen LogP) is 4.23. The number of thioether (sulfide) groups is 1. The van der Waals surface area contributed by atoms with Crippen molar-refractivity contribution in [2.45, 2.75) is 10.6 Å². The third kappa shape index (κ3) is 3.48.